The van der Waals surface area contributed by atoms with E-state index in [-0.39, 0.29) is 0 Å². The van der Waals surface area contributed by atoms with Crippen LogP contribution in [0.15, 0.2) is 18.3 Å². The molecule has 15 heavy (non-hydrogen) atoms. The Kier molecular flexibility index (Phi) is 5.12. The summed E-state index contributed by atoms with van der Waals surface area (Å²) in [6.07, 6.45) is 2.87. The molecule has 0 atom stereocenters. The summed E-state index contributed by atoms with van der Waals surface area (Å²) in [4.78, 5) is 4.28. The second kappa shape index (κ2) is 6.40. The first-order valence-electron chi connectivity index (χ1n) is 5.44. The molecule has 1 aromatic rings. The Bertz CT molecular complexity index is 269. The first-order chi connectivity index (χ1) is 7.22. The van der Waals surface area contributed by atoms with Gasteiger partial charge in [0, 0.05) is 6.54 Å². The summed E-state index contributed by atoms with van der Waals surface area (Å²) >= 11 is 0. The van der Waals surface area contributed by atoms with Gasteiger partial charge in [-0.1, -0.05) is 13.8 Å². The van der Waals surface area contributed by atoms with E-state index in [0.29, 0.717) is 5.92 Å². The fourth-order valence-electron chi connectivity index (χ4n) is 1.19. The summed E-state index contributed by atoms with van der Waals surface area (Å²) < 4.78 is 5.57. The maximum Gasteiger partial charge on any atom is 0.137 e. The molecule has 0 saturated heterocycles. The van der Waals surface area contributed by atoms with Crippen molar-refractivity contribution in [3.8, 4) is 5.75 Å². The maximum atomic E-state index is 5.57. The van der Waals surface area contributed by atoms with Crippen molar-refractivity contribution >= 4 is 0 Å². The monoisotopic (exact) mass is 208 g/mol. The summed E-state index contributed by atoms with van der Waals surface area (Å²) in [5.74, 6) is 1.54. The van der Waals surface area contributed by atoms with E-state index in [9.17, 15) is 0 Å². The van der Waals surface area contributed by atoms with Gasteiger partial charge < -0.3 is 10.1 Å². The van der Waals surface area contributed by atoms with Crippen LogP contribution in [0.1, 0.15) is 26.0 Å². The molecule has 0 saturated carbocycles. The SMILES string of the molecule is CNCc1ccc(OCCC(C)C)cn1. The van der Waals surface area contributed by atoms with Crippen molar-refractivity contribution in [1.29, 1.82) is 0 Å². The standard InChI is InChI=1S/C12H20N2O/c1-10(2)6-7-15-12-5-4-11(8-13-3)14-9-12/h4-5,9-10,13H,6-8H2,1-3H3. The molecule has 0 aliphatic heterocycles. The first kappa shape index (κ1) is 12.0. The van der Waals surface area contributed by atoms with Crippen LogP contribution in [-0.2, 0) is 6.54 Å². The minimum Gasteiger partial charge on any atom is -0.492 e. The second-order valence-electron chi connectivity index (χ2n) is 4.05. The van der Waals surface area contributed by atoms with Gasteiger partial charge >= 0.3 is 0 Å². The van der Waals surface area contributed by atoms with Crippen LogP contribution in [0, 0.1) is 5.92 Å². The molecule has 0 unspecified atom stereocenters. The van der Waals surface area contributed by atoms with Crippen LogP contribution in [0.25, 0.3) is 0 Å². The third kappa shape index (κ3) is 4.79. The molecule has 0 amide bonds. The number of nitrogens with one attached hydrogen (secondary N) is 1. The van der Waals surface area contributed by atoms with Gasteiger partial charge in [0.25, 0.3) is 0 Å². The fourth-order valence-corrected chi connectivity index (χ4v) is 1.19. The Labute approximate surface area is 91.9 Å². The Morgan fingerprint density at radius 2 is 2.20 bits per heavy atom. The van der Waals surface area contributed by atoms with E-state index in [1.165, 1.54) is 0 Å². The molecule has 84 valence electrons. The van der Waals surface area contributed by atoms with E-state index in [4.69, 9.17) is 4.74 Å². The summed E-state index contributed by atoms with van der Waals surface area (Å²) in [5, 5.41) is 3.06. The first-order valence-corrected chi connectivity index (χ1v) is 5.44. The van der Waals surface area contributed by atoms with Crippen molar-refractivity contribution in [2.75, 3.05) is 13.7 Å². The number of pyridine rings is 1. The molecule has 0 spiro atoms. The van der Waals surface area contributed by atoms with Crippen molar-refractivity contribution in [2.24, 2.45) is 5.92 Å². The highest BCUT2D eigenvalue weighted by atomic mass is 16.5. The molecular weight excluding hydrogens is 188 g/mol. The Balaban J connectivity index is 2.36. The van der Waals surface area contributed by atoms with Crippen molar-refractivity contribution in [1.82, 2.24) is 10.3 Å². The summed E-state index contributed by atoms with van der Waals surface area (Å²) in [6.45, 7) is 5.95. The zero-order valence-corrected chi connectivity index (χ0v) is 9.79. The van der Waals surface area contributed by atoms with Crippen molar-refractivity contribution in [3.05, 3.63) is 24.0 Å². The van der Waals surface area contributed by atoms with Gasteiger partial charge in [-0.25, -0.2) is 0 Å². The lowest BCUT2D eigenvalue weighted by atomic mass is 10.1. The Hall–Kier alpha value is -1.09. The number of hydrogen-bond donors (Lipinski definition) is 1. The quantitative estimate of drug-likeness (QED) is 0.778. The molecule has 1 rings (SSSR count). The maximum absolute atomic E-state index is 5.57. The average Bonchev–Trinajstić information content (AvgIpc) is 2.20. The van der Waals surface area contributed by atoms with Gasteiger partial charge in [-0.05, 0) is 31.5 Å². The van der Waals surface area contributed by atoms with Gasteiger partial charge in [-0.15, -0.1) is 0 Å². The zero-order chi connectivity index (χ0) is 11.1. The van der Waals surface area contributed by atoms with Gasteiger partial charge in [0.05, 0.1) is 18.5 Å². The van der Waals surface area contributed by atoms with E-state index >= 15 is 0 Å². The van der Waals surface area contributed by atoms with Crippen LogP contribution >= 0.6 is 0 Å². The minimum atomic E-state index is 0.682. The highest BCUT2D eigenvalue weighted by molar-refractivity contribution is 5.19. The van der Waals surface area contributed by atoms with Gasteiger partial charge in [0.15, 0.2) is 0 Å². The Morgan fingerprint density at radius 3 is 2.73 bits per heavy atom. The zero-order valence-electron chi connectivity index (χ0n) is 9.79. The van der Waals surface area contributed by atoms with Gasteiger partial charge in [0.1, 0.15) is 5.75 Å². The number of hydrogen-bond acceptors (Lipinski definition) is 3. The van der Waals surface area contributed by atoms with E-state index in [2.05, 4.69) is 24.1 Å². The number of ether oxygens (including phenoxy) is 1. The van der Waals surface area contributed by atoms with Gasteiger partial charge in [0.2, 0.25) is 0 Å². The molecule has 1 heterocycles. The highest BCUT2D eigenvalue weighted by Crippen LogP contribution is 2.10. The van der Waals surface area contributed by atoms with Gasteiger partial charge in [-0.3, -0.25) is 4.98 Å². The predicted octanol–water partition coefficient (Wildman–Crippen LogP) is 2.23. The van der Waals surface area contributed by atoms with E-state index < -0.39 is 0 Å². The van der Waals surface area contributed by atoms with Crippen LogP contribution in [-0.4, -0.2) is 18.6 Å². The molecule has 0 aliphatic rings. The number of aromatic nitrogens is 1. The average molecular weight is 208 g/mol. The Morgan fingerprint density at radius 1 is 1.40 bits per heavy atom. The van der Waals surface area contributed by atoms with E-state index in [0.717, 1.165) is 31.0 Å². The summed E-state index contributed by atoms with van der Waals surface area (Å²) in [6, 6.07) is 3.96. The lowest BCUT2D eigenvalue weighted by Gasteiger charge is -2.08. The van der Waals surface area contributed by atoms with Crippen LogP contribution in [0.5, 0.6) is 5.75 Å². The lowest BCUT2D eigenvalue weighted by Crippen LogP contribution is -2.07. The number of rotatable bonds is 6. The molecule has 0 bridgehead atoms. The van der Waals surface area contributed by atoms with Crippen LogP contribution in [0.3, 0.4) is 0 Å². The number of nitrogens with zero attached hydrogens (tertiary/aromatic N) is 1. The summed E-state index contributed by atoms with van der Waals surface area (Å²) in [5.41, 5.74) is 1.04. The largest absolute Gasteiger partial charge is 0.492 e. The highest BCUT2D eigenvalue weighted by Gasteiger charge is 1.97. The fraction of sp³-hybridized carbons (Fsp3) is 0.583. The van der Waals surface area contributed by atoms with Crippen LogP contribution < -0.4 is 10.1 Å². The minimum absolute atomic E-state index is 0.682. The van der Waals surface area contributed by atoms with Crippen molar-refractivity contribution in [2.45, 2.75) is 26.8 Å². The van der Waals surface area contributed by atoms with Gasteiger partial charge in [-0.2, -0.15) is 0 Å². The molecular formula is C12H20N2O. The predicted molar refractivity (Wildman–Crippen MR) is 62.0 cm³/mol. The molecule has 0 aromatic carbocycles. The van der Waals surface area contributed by atoms with Crippen molar-refractivity contribution < 1.29 is 4.74 Å². The topological polar surface area (TPSA) is 34.1 Å². The second-order valence-corrected chi connectivity index (χ2v) is 4.05. The van der Waals surface area contributed by atoms with E-state index in [1.807, 2.05) is 19.2 Å². The molecule has 3 heteroatoms. The van der Waals surface area contributed by atoms with E-state index in [1.54, 1.807) is 6.20 Å². The smallest absolute Gasteiger partial charge is 0.137 e. The molecule has 3 nitrogen and oxygen atoms in total. The third-order valence-corrected chi connectivity index (χ3v) is 2.12. The molecule has 0 radical (unpaired) electrons. The normalized spacial score (nSPS) is 10.7. The third-order valence-electron chi connectivity index (χ3n) is 2.12. The summed E-state index contributed by atoms with van der Waals surface area (Å²) in [7, 11) is 1.91. The molecule has 0 aliphatic carbocycles. The molecule has 0 fully saturated rings. The molecule has 1 aromatic heterocycles. The molecule has 1 N–H and O–H groups in total. The van der Waals surface area contributed by atoms with Crippen LogP contribution in [0.2, 0.25) is 0 Å². The van der Waals surface area contributed by atoms with Crippen LogP contribution in [0.4, 0.5) is 0 Å². The van der Waals surface area contributed by atoms with Crippen molar-refractivity contribution in [3.63, 3.8) is 0 Å². The lowest BCUT2D eigenvalue weighted by molar-refractivity contribution is 0.288.